The largest absolute Gasteiger partial charge is 0.471 e. The highest BCUT2D eigenvalue weighted by Crippen LogP contribution is 2.34. The monoisotopic (exact) mass is 452 g/mol. The zero-order valence-electron chi connectivity index (χ0n) is 18.2. The molecule has 1 aromatic carbocycles. The summed E-state index contributed by atoms with van der Waals surface area (Å²) in [6.45, 7) is 3.50. The van der Waals surface area contributed by atoms with E-state index in [0.29, 0.717) is 17.6 Å². The predicted octanol–water partition coefficient (Wildman–Crippen LogP) is 2.96. The molecule has 3 heterocycles. The zero-order valence-corrected chi connectivity index (χ0v) is 18.2. The molecule has 12 nitrogen and oxygen atoms in total. The second kappa shape index (κ2) is 9.82. The Hall–Kier alpha value is -3.73. The Balaban J connectivity index is 1.70. The predicted molar refractivity (Wildman–Crippen MR) is 118 cm³/mol. The summed E-state index contributed by atoms with van der Waals surface area (Å²) in [7, 11) is 0. The van der Waals surface area contributed by atoms with Crippen LogP contribution in [0.15, 0.2) is 41.8 Å². The summed E-state index contributed by atoms with van der Waals surface area (Å²) >= 11 is 0. The number of aromatic nitrogens is 4. The molecule has 1 saturated heterocycles. The number of ether oxygens (including phenoxy) is 2. The van der Waals surface area contributed by atoms with Gasteiger partial charge in [-0.2, -0.15) is 9.97 Å². The molecule has 1 fully saturated rings. The van der Waals surface area contributed by atoms with Gasteiger partial charge in [-0.3, -0.25) is 14.7 Å². The van der Waals surface area contributed by atoms with E-state index in [1.165, 1.54) is 6.33 Å². The number of carbonyl (C=O) groups is 1. The van der Waals surface area contributed by atoms with Gasteiger partial charge in [-0.1, -0.05) is 49.3 Å². The van der Waals surface area contributed by atoms with Gasteiger partial charge in [0.1, 0.15) is 12.8 Å². The highest BCUT2D eigenvalue weighted by molar-refractivity contribution is 5.91. The number of carbonyl (C=O) groups excluding carboxylic acids is 1. The van der Waals surface area contributed by atoms with Crippen LogP contribution in [0.3, 0.4) is 0 Å². The van der Waals surface area contributed by atoms with Crippen molar-refractivity contribution in [3.63, 3.8) is 0 Å². The molecule has 0 bridgehead atoms. The normalized spacial score (nSPS) is 20.1. The van der Waals surface area contributed by atoms with Crippen molar-refractivity contribution in [2.75, 3.05) is 11.9 Å². The molecule has 0 unspecified atom stereocenters. The Morgan fingerprint density at radius 3 is 2.88 bits per heavy atom. The lowest BCUT2D eigenvalue weighted by Crippen LogP contribution is -2.23. The lowest BCUT2D eigenvalue weighted by Gasteiger charge is -2.15. The van der Waals surface area contributed by atoms with E-state index in [1.54, 1.807) is 18.4 Å². The average Bonchev–Trinajstić information content (AvgIpc) is 3.42. The van der Waals surface area contributed by atoms with Gasteiger partial charge in [-0.25, -0.2) is 4.98 Å². The molecule has 3 aromatic rings. The van der Waals surface area contributed by atoms with Gasteiger partial charge in [0.2, 0.25) is 17.7 Å². The third kappa shape index (κ3) is 4.87. The number of nitrogens with zero attached hydrogens (tertiary/aromatic N) is 7. The van der Waals surface area contributed by atoms with Gasteiger partial charge in [0.15, 0.2) is 11.2 Å². The zero-order chi connectivity index (χ0) is 23.4. The van der Waals surface area contributed by atoms with Crippen LogP contribution in [-0.2, 0) is 16.1 Å². The van der Waals surface area contributed by atoms with Crippen LogP contribution in [0.1, 0.15) is 32.1 Å². The van der Waals surface area contributed by atoms with Crippen LogP contribution in [0.25, 0.3) is 21.6 Å². The van der Waals surface area contributed by atoms with Crippen molar-refractivity contribution in [1.82, 2.24) is 19.5 Å². The van der Waals surface area contributed by atoms with Crippen molar-refractivity contribution in [3.05, 3.63) is 52.7 Å². The minimum absolute atomic E-state index is 0.0781. The number of imidazole rings is 1. The number of hydrogen-bond acceptors (Lipinski definition) is 8. The first-order valence-corrected chi connectivity index (χ1v) is 10.5. The van der Waals surface area contributed by atoms with E-state index >= 15 is 0 Å². The summed E-state index contributed by atoms with van der Waals surface area (Å²) in [4.78, 5) is 28.3. The minimum atomic E-state index is -0.640. The molecular weight excluding hydrogens is 428 g/mol. The molecule has 2 N–H and O–H groups in total. The molecule has 172 valence electrons. The van der Waals surface area contributed by atoms with E-state index in [0.717, 1.165) is 5.56 Å². The van der Waals surface area contributed by atoms with Crippen molar-refractivity contribution in [1.29, 1.82) is 0 Å². The lowest BCUT2D eigenvalue weighted by molar-refractivity contribution is -0.118. The number of amides is 1. The fourth-order valence-electron chi connectivity index (χ4n) is 3.48. The van der Waals surface area contributed by atoms with Crippen LogP contribution >= 0.6 is 0 Å². The van der Waals surface area contributed by atoms with Crippen LogP contribution in [0, 0.1) is 5.92 Å². The summed E-state index contributed by atoms with van der Waals surface area (Å²) in [5.41, 5.74) is 10.5. The molecule has 0 spiro atoms. The smallest absolute Gasteiger partial charge is 0.247 e. The molecule has 1 aliphatic heterocycles. The molecular formula is C21H24N8O4. The van der Waals surface area contributed by atoms with E-state index in [-0.39, 0.29) is 36.9 Å². The van der Waals surface area contributed by atoms with Gasteiger partial charge >= 0.3 is 0 Å². The first-order valence-electron chi connectivity index (χ1n) is 10.5. The first kappa shape index (κ1) is 22.5. The maximum Gasteiger partial charge on any atom is 0.247 e. The van der Waals surface area contributed by atoms with E-state index in [4.69, 9.17) is 15.0 Å². The highest BCUT2D eigenvalue weighted by Gasteiger charge is 2.36. The van der Waals surface area contributed by atoms with Crippen LogP contribution < -0.4 is 10.1 Å². The SMILES string of the molecule is CC(C)C(=O)Nc1nc(OCc2ccccc2)c2ncn([C@H]3C[C@H](N=[N+]=[N-])[C@@H](CO)O3)c2n1. The topological polar surface area (TPSA) is 160 Å². The van der Waals surface area contributed by atoms with Crippen molar-refractivity contribution in [2.45, 2.75) is 45.2 Å². The molecule has 33 heavy (non-hydrogen) atoms. The van der Waals surface area contributed by atoms with Crippen molar-refractivity contribution < 1.29 is 19.4 Å². The average molecular weight is 452 g/mol. The van der Waals surface area contributed by atoms with Crippen molar-refractivity contribution >= 4 is 23.0 Å². The number of aliphatic hydroxyl groups excluding tert-OH is 1. The fourth-order valence-corrected chi connectivity index (χ4v) is 3.48. The molecule has 0 aliphatic carbocycles. The third-order valence-electron chi connectivity index (χ3n) is 5.26. The highest BCUT2D eigenvalue weighted by atomic mass is 16.5. The number of hydrogen-bond donors (Lipinski definition) is 2. The molecule has 4 rings (SSSR count). The lowest BCUT2D eigenvalue weighted by atomic mass is 10.1. The molecule has 1 aliphatic rings. The Morgan fingerprint density at radius 2 is 2.18 bits per heavy atom. The van der Waals surface area contributed by atoms with Gasteiger partial charge < -0.3 is 14.6 Å². The number of fused-ring (bicyclic) bond motifs is 1. The van der Waals surface area contributed by atoms with E-state index in [9.17, 15) is 9.90 Å². The number of aliphatic hydroxyl groups is 1. The molecule has 2 aromatic heterocycles. The molecule has 1 amide bonds. The Labute approximate surface area is 189 Å². The number of nitrogens with one attached hydrogen (secondary N) is 1. The molecule has 0 saturated carbocycles. The quantitative estimate of drug-likeness (QED) is 0.302. The van der Waals surface area contributed by atoms with Crippen molar-refractivity contribution in [2.24, 2.45) is 11.0 Å². The van der Waals surface area contributed by atoms with Crippen molar-refractivity contribution in [3.8, 4) is 5.88 Å². The fraction of sp³-hybridized carbons (Fsp3) is 0.429. The van der Waals surface area contributed by atoms with Gasteiger partial charge in [-0.15, -0.1) is 0 Å². The van der Waals surface area contributed by atoms with E-state index in [1.807, 2.05) is 30.3 Å². The van der Waals surface area contributed by atoms with Crippen LogP contribution in [0.2, 0.25) is 0 Å². The van der Waals surface area contributed by atoms with Gasteiger partial charge in [0.05, 0.1) is 25.1 Å². The van der Waals surface area contributed by atoms with Crippen LogP contribution in [0.4, 0.5) is 5.95 Å². The third-order valence-corrected chi connectivity index (χ3v) is 5.26. The summed E-state index contributed by atoms with van der Waals surface area (Å²) in [5.74, 6) is -0.217. The summed E-state index contributed by atoms with van der Waals surface area (Å²) < 4.78 is 13.5. The van der Waals surface area contributed by atoms with Gasteiger partial charge in [0, 0.05) is 17.3 Å². The summed E-state index contributed by atoms with van der Waals surface area (Å²) in [5, 5.41) is 16.0. The van der Waals surface area contributed by atoms with Crippen LogP contribution in [-0.4, -0.2) is 49.3 Å². The van der Waals surface area contributed by atoms with Gasteiger partial charge in [0.25, 0.3) is 0 Å². The number of rotatable bonds is 8. The number of benzene rings is 1. The minimum Gasteiger partial charge on any atom is -0.471 e. The van der Waals surface area contributed by atoms with Crippen LogP contribution in [0.5, 0.6) is 5.88 Å². The van der Waals surface area contributed by atoms with Gasteiger partial charge in [-0.05, 0) is 11.1 Å². The Morgan fingerprint density at radius 1 is 1.39 bits per heavy atom. The second-order valence-corrected chi connectivity index (χ2v) is 7.91. The summed E-state index contributed by atoms with van der Waals surface area (Å²) in [6, 6.07) is 9.06. The Bertz CT molecular complexity index is 1180. The molecule has 12 heteroatoms. The van der Waals surface area contributed by atoms with E-state index in [2.05, 4.69) is 30.3 Å². The summed E-state index contributed by atoms with van der Waals surface area (Å²) in [6.07, 6.45) is 0.645. The van der Waals surface area contributed by atoms with E-state index < -0.39 is 18.4 Å². The standard InChI is InChI=1S/C21H24N8O4/c1-12(2)19(31)25-21-24-18-17(20(26-21)32-10-13-6-4-3-5-7-13)23-11-29(18)16-8-14(27-28-22)15(9-30)33-16/h3-7,11-12,14-16,30H,8-10H2,1-2H3,(H,24,25,26,31)/t14-,15+,16+/m0/s1. The molecule has 3 atom stereocenters. The Kier molecular flexibility index (Phi) is 6.68. The maximum atomic E-state index is 12.3. The number of anilines is 1. The first-order chi connectivity index (χ1) is 16.0. The second-order valence-electron chi connectivity index (χ2n) is 7.91. The number of azide groups is 1. The molecule has 0 radical (unpaired) electrons. The maximum absolute atomic E-state index is 12.3.